The van der Waals surface area contributed by atoms with E-state index in [1.54, 1.807) is 0 Å². The van der Waals surface area contributed by atoms with Gasteiger partial charge in [-0.1, -0.05) is 0 Å². The average molecular weight is 182 g/mol. The molecule has 0 saturated heterocycles. The Morgan fingerprint density at radius 2 is 1.31 bits per heavy atom. The number of rotatable bonds is 2. The predicted octanol–water partition coefficient (Wildman–Crippen LogP) is -1.85. The highest BCUT2D eigenvalue weighted by Gasteiger charge is 2.48. The van der Waals surface area contributed by atoms with Gasteiger partial charge in [0.15, 0.2) is 0 Å². The summed E-state index contributed by atoms with van der Waals surface area (Å²) in [5.41, 5.74) is 0. The first kappa shape index (κ1) is 8.53. The molecule has 2 bridgehead atoms. The summed E-state index contributed by atoms with van der Waals surface area (Å²) in [7, 11) is 0. The van der Waals surface area contributed by atoms with Gasteiger partial charge in [0, 0.05) is 23.8 Å². The van der Waals surface area contributed by atoms with Gasteiger partial charge in [0.25, 0.3) is 0 Å². The van der Waals surface area contributed by atoms with Crippen LogP contribution >= 0.6 is 0 Å². The molecule has 0 spiro atoms. The first-order chi connectivity index (χ1) is 6.11. The highest BCUT2D eigenvalue weighted by molar-refractivity contribution is 5.79. The van der Waals surface area contributed by atoms with Crippen LogP contribution in [0.25, 0.3) is 0 Å². The molecular formula is C9H10O4-2. The van der Waals surface area contributed by atoms with Crippen LogP contribution in [0.4, 0.5) is 0 Å². The Labute approximate surface area is 75.6 Å². The van der Waals surface area contributed by atoms with Crippen molar-refractivity contribution in [3.8, 4) is 0 Å². The third-order valence-electron chi connectivity index (χ3n) is 3.46. The van der Waals surface area contributed by atoms with E-state index in [1.165, 1.54) is 0 Å². The zero-order chi connectivity index (χ0) is 9.59. The normalized spacial score (nSPS) is 42.2. The summed E-state index contributed by atoms with van der Waals surface area (Å²) in [5.74, 6) is -4.02. The van der Waals surface area contributed by atoms with Gasteiger partial charge in [-0.15, -0.1) is 0 Å². The molecule has 0 unspecified atom stereocenters. The predicted molar refractivity (Wildman–Crippen MR) is 37.8 cm³/mol. The van der Waals surface area contributed by atoms with Gasteiger partial charge in [0.05, 0.1) is 0 Å². The fourth-order valence-corrected chi connectivity index (χ4v) is 2.97. The topological polar surface area (TPSA) is 80.3 Å². The molecule has 2 aliphatic rings. The second kappa shape index (κ2) is 2.72. The summed E-state index contributed by atoms with van der Waals surface area (Å²) in [5, 5.41) is 21.4. The molecule has 2 fully saturated rings. The van der Waals surface area contributed by atoms with E-state index < -0.39 is 23.8 Å². The van der Waals surface area contributed by atoms with Crippen molar-refractivity contribution in [2.24, 2.45) is 23.7 Å². The second-order valence-electron chi connectivity index (χ2n) is 4.02. The maximum absolute atomic E-state index is 10.7. The van der Waals surface area contributed by atoms with Crippen molar-refractivity contribution >= 4 is 11.9 Å². The Morgan fingerprint density at radius 3 is 1.62 bits per heavy atom. The number of carboxylic acid groups (broad SMARTS) is 2. The minimum absolute atomic E-state index is 0.0119. The highest BCUT2D eigenvalue weighted by atomic mass is 16.4. The van der Waals surface area contributed by atoms with Crippen LogP contribution in [0.3, 0.4) is 0 Å². The molecule has 2 saturated carbocycles. The van der Waals surface area contributed by atoms with Crippen LogP contribution in [0.1, 0.15) is 19.3 Å². The molecule has 0 aliphatic heterocycles. The Hall–Kier alpha value is -1.06. The van der Waals surface area contributed by atoms with E-state index in [0.717, 1.165) is 19.3 Å². The van der Waals surface area contributed by atoms with Crippen molar-refractivity contribution in [2.45, 2.75) is 19.3 Å². The van der Waals surface area contributed by atoms with Gasteiger partial charge < -0.3 is 19.8 Å². The molecule has 0 aromatic rings. The van der Waals surface area contributed by atoms with E-state index >= 15 is 0 Å². The lowest BCUT2D eigenvalue weighted by atomic mass is 9.79. The average Bonchev–Trinajstić information content (AvgIpc) is 2.60. The Balaban J connectivity index is 2.24. The molecular weight excluding hydrogens is 172 g/mol. The number of fused-ring (bicyclic) bond motifs is 2. The minimum Gasteiger partial charge on any atom is -0.550 e. The summed E-state index contributed by atoms with van der Waals surface area (Å²) in [4.78, 5) is 21.4. The van der Waals surface area contributed by atoms with Crippen LogP contribution < -0.4 is 10.2 Å². The Morgan fingerprint density at radius 1 is 0.923 bits per heavy atom. The summed E-state index contributed by atoms with van der Waals surface area (Å²) >= 11 is 0. The molecule has 0 heterocycles. The second-order valence-corrected chi connectivity index (χ2v) is 4.02. The number of carbonyl (C=O) groups excluding carboxylic acids is 2. The Kier molecular flexibility index (Phi) is 1.78. The van der Waals surface area contributed by atoms with E-state index in [4.69, 9.17) is 0 Å². The lowest BCUT2D eigenvalue weighted by molar-refractivity contribution is -0.328. The van der Waals surface area contributed by atoms with Crippen LogP contribution in [-0.2, 0) is 9.59 Å². The van der Waals surface area contributed by atoms with E-state index in [0.29, 0.717) is 0 Å². The van der Waals surface area contributed by atoms with Crippen molar-refractivity contribution in [1.82, 2.24) is 0 Å². The molecule has 4 heteroatoms. The van der Waals surface area contributed by atoms with Gasteiger partial charge in [0.2, 0.25) is 0 Å². The van der Waals surface area contributed by atoms with Crippen LogP contribution in [0.5, 0.6) is 0 Å². The molecule has 4 atom stereocenters. The van der Waals surface area contributed by atoms with Gasteiger partial charge in [-0.2, -0.15) is 0 Å². The summed E-state index contributed by atoms with van der Waals surface area (Å²) in [6, 6.07) is 0. The fraction of sp³-hybridized carbons (Fsp3) is 0.778. The Bertz CT molecular complexity index is 234. The van der Waals surface area contributed by atoms with E-state index in [1.807, 2.05) is 0 Å². The molecule has 2 aliphatic carbocycles. The van der Waals surface area contributed by atoms with Crippen molar-refractivity contribution < 1.29 is 19.8 Å². The number of hydrogen-bond acceptors (Lipinski definition) is 4. The number of carbonyl (C=O) groups is 2. The summed E-state index contributed by atoms with van der Waals surface area (Å²) in [6.07, 6.45) is 2.37. The molecule has 0 amide bonds. The lowest BCUT2D eigenvalue weighted by Crippen LogP contribution is -2.46. The fourth-order valence-electron chi connectivity index (χ4n) is 2.97. The first-order valence-electron chi connectivity index (χ1n) is 4.53. The van der Waals surface area contributed by atoms with Gasteiger partial charge in [0.1, 0.15) is 0 Å². The molecule has 13 heavy (non-hydrogen) atoms. The van der Waals surface area contributed by atoms with E-state index in [-0.39, 0.29) is 11.8 Å². The minimum atomic E-state index is -1.22. The molecule has 0 aromatic heterocycles. The molecule has 0 aromatic carbocycles. The van der Waals surface area contributed by atoms with E-state index in [9.17, 15) is 19.8 Å². The SMILES string of the molecule is O=C([O-])[C@@H]1[C@@H]2CC[C@@H](C2)[C@@H]1C(=O)[O-]. The van der Waals surface area contributed by atoms with E-state index in [2.05, 4.69) is 0 Å². The monoisotopic (exact) mass is 182 g/mol. The quantitative estimate of drug-likeness (QED) is 0.502. The largest absolute Gasteiger partial charge is 0.550 e. The molecule has 0 radical (unpaired) electrons. The van der Waals surface area contributed by atoms with Gasteiger partial charge in [-0.05, 0) is 31.1 Å². The first-order valence-corrected chi connectivity index (χ1v) is 4.53. The third-order valence-corrected chi connectivity index (χ3v) is 3.46. The van der Waals surface area contributed by atoms with Gasteiger partial charge in [-0.3, -0.25) is 0 Å². The number of carboxylic acids is 2. The highest BCUT2D eigenvalue weighted by Crippen LogP contribution is 2.51. The molecule has 72 valence electrons. The summed E-state index contributed by atoms with van der Waals surface area (Å²) < 4.78 is 0. The molecule has 2 rings (SSSR count). The molecule has 0 N–H and O–H groups in total. The van der Waals surface area contributed by atoms with Crippen molar-refractivity contribution in [1.29, 1.82) is 0 Å². The smallest absolute Gasteiger partial charge is 0.0454 e. The van der Waals surface area contributed by atoms with Gasteiger partial charge >= 0.3 is 0 Å². The lowest BCUT2D eigenvalue weighted by Gasteiger charge is -2.32. The maximum atomic E-state index is 10.7. The van der Waals surface area contributed by atoms with Crippen LogP contribution in [0.2, 0.25) is 0 Å². The van der Waals surface area contributed by atoms with Crippen molar-refractivity contribution in [3.63, 3.8) is 0 Å². The molecule has 4 nitrogen and oxygen atoms in total. The van der Waals surface area contributed by atoms with Crippen molar-refractivity contribution in [3.05, 3.63) is 0 Å². The van der Waals surface area contributed by atoms with Crippen LogP contribution in [-0.4, -0.2) is 11.9 Å². The summed E-state index contributed by atoms with van der Waals surface area (Å²) in [6.45, 7) is 0. The van der Waals surface area contributed by atoms with Crippen molar-refractivity contribution in [2.75, 3.05) is 0 Å². The van der Waals surface area contributed by atoms with Crippen LogP contribution in [0.15, 0.2) is 0 Å². The number of aliphatic carboxylic acids is 2. The maximum Gasteiger partial charge on any atom is 0.0454 e. The zero-order valence-electron chi connectivity index (χ0n) is 7.06. The third kappa shape index (κ3) is 1.12. The zero-order valence-corrected chi connectivity index (χ0v) is 7.06. The van der Waals surface area contributed by atoms with Crippen LogP contribution in [0, 0.1) is 23.7 Å². The standard InChI is InChI=1S/C9H12O4/c10-8(11)6-4-1-2-5(3-4)7(6)9(12)13/h4-7H,1-3H2,(H,10,11)(H,12,13)/p-2/t4-,5+,6-,7+. The number of hydrogen-bond donors (Lipinski definition) is 0. The van der Waals surface area contributed by atoms with Gasteiger partial charge in [-0.25, -0.2) is 0 Å².